The van der Waals surface area contributed by atoms with E-state index >= 15 is 0 Å². The molecule has 1 spiro atoms. The lowest BCUT2D eigenvalue weighted by Crippen LogP contribution is -2.47. The Hall–Kier alpha value is -2.01. The Balaban J connectivity index is 1.65. The molecule has 0 unspecified atom stereocenters. The molecule has 27 heavy (non-hydrogen) atoms. The second-order valence-electron chi connectivity index (χ2n) is 6.55. The van der Waals surface area contributed by atoms with E-state index in [9.17, 15) is 14.4 Å². The Morgan fingerprint density at radius 1 is 1.26 bits per heavy atom. The van der Waals surface area contributed by atoms with Gasteiger partial charge < -0.3 is 25.3 Å². The molecule has 0 aromatic carbocycles. The first-order valence-corrected chi connectivity index (χ1v) is 9.48. The van der Waals surface area contributed by atoms with Gasteiger partial charge in [-0.1, -0.05) is 0 Å². The standard InChI is InChI=1S/C17H23N3O6S/c1-10-12(16(23)24-2)15(27-13(10)14(18)22)19-11(21)9-20-5-3-17(4-6-20)25-7-8-26-17/h3-9H2,1-2H3,(H2,18,22)(H,19,21). The lowest BCUT2D eigenvalue weighted by atomic mass is 10.0. The number of hydrogen-bond acceptors (Lipinski definition) is 8. The van der Waals surface area contributed by atoms with Crippen molar-refractivity contribution in [1.29, 1.82) is 0 Å². The summed E-state index contributed by atoms with van der Waals surface area (Å²) in [4.78, 5) is 38.3. The number of piperidine rings is 1. The third kappa shape index (κ3) is 4.13. The number of ether oxygens (including phenoxy) is 3. The molecule has 0 aliphatic carbocycles. The number of carbonyl (C=O) groups is 3. The molecule has 3 N–H and O–H groups in total. The van der Waals surface area contributed by atoms with E-state index in [1.165, 1.54) is 7.11 Å². The number of rotatable bonds is 5. The van der Waals surface area contributed by atoms with Gasteiger partial charge in [-0.3, -0.25) is 14.5 Å². The molecular formula is C17H23N3O6S. The van der Waals surface area contributed by atoms with Gasteiger partial charge in [0, 0.05) is 25.9 Å². The minimum absolute atomic E-state index is 0.162. The van der Waals surface area contributed by atoms with Crippen molar-refractivity contribution >= 4 is 34.1 Å². The second-order valence-corrected chi connectivity index (χ2v) is 7.57. The van der Waals surface area contributed by atoms with Crippen molar-refractivity contribution in [3.8, 4) is 0 Å². The molecule has 148 valence electrons. The predicted octanol–water partition coefficient (Wildman–Crippen LogP) is 0.719. The Bertz CT molecular complexity index is 746. The zero-order chi connectivity index (χ0) is 19.6. The van der Waals surface area contributed by atoms with Crippen LogP contribution in [-0.2, 0) is 19.0 Å². The van der Waals surface area contributed by atoms with Crippen molar-refractivity contribution < 1.29 is 28.6 Å². The molecule has 2 amide bonds. The quantitative estimate of drug-likeness (QED) is 0.702. The van der Waals surface area contributed by atoms with Crippen LogP contribution in [0.15, 0.2) is 0 Å². The van der Waals surface area contributed by atoms with Crippen LogP contribution in [0, 0.1) is 6.92 Å². The predicted molar refractivity (Wildman–Crippen MR) is 97.9 cm³/mol. The molecule has 2 aliphatic heterocycles. The third-order valence-corrected chi connectivity index (χ3v) is 6.03. The van der Waals surface area contributed by atoms with Crippen LogP contribution in [0.3, 0.4) is 0 Å². The summed E-state index contributed by atoms with van der Waals surface area (Å²) in [6.45, 7) is 4.33. The van der Waals surface area contributed by atoms with Gasteiger partial charge in [0.2, 0.25) is 5.91 Å². The molecule has 0 atom stereocenters. The maximum Gasteiger partial charge on any atom is 0.341 e. The average molecular weight is 397 g/mol. The van der Waals surface area contributed by atoms with Gasteiger partial charge >= 0.3 is 5.97 Å². The molecule has 1 aromatic rings. The van der Waals surface area contributed by atoms with Crippen LogP contribution in [0.25, 0.3) is 0 Å². The summed E-state index contributed by atoms with van der Waals surface area (Å²) in [5, 5.41) is 2.99. The Kier molecular flexibility index (Phi) is 5.80. The van der Waals surface area contributed by atoms with Gasteiger partial charge in [-0.05, 0) is 12.5 Å². The van der Waals surface area contributed by atoms with Crippen LogP contribution >= 0.6 is 11.3 Å². The number of esters is 1. The zero-order valence-electron chi connectivity index (χ0n) is 15.3. The van der Waals surface area contributed by atoms with Crippen molar-refractivity contribution in [2.24, 2.45) is 5.73 Å². The Labute approximate surface area is 160 Å². The maximum atomic E-state index is 12.5. The summed E-state index contributed by atoms with van der Waals surface area (Å²) in [6.07, 6.45) is 1.41. The fourth-order valence-electron chi connectivity index (χ4n) is 3.39. The van der Waals surface area contributed by atoms with Crippen molar-refractivity contribution in [2.45, 2.75) is 25.6 Å². The summed E-state index contributed by atoms with van der Waals surface area (Å²) >= 11 is 0.978. The van der Waals surface area contributed by atoms with E-state index in [0.29, 0.717) is 44.7 Å². The molecular weight excluding hydrogens is 374 g/mol. The molecule has 2 fully saturated rings. The van der Waals surface area contributed by atoms with Gasteiger partial charge in [0.25, 0.3) is 5.91 Å². The minimum Gasteiger partial charge on any atom is -0.465 e. The first-order valence-electron chi connectivity index (χ1n) is 8.67. The summed E-state index contributed by atoms with van der Waals surface area (Å²) in [6, 6.07) is 0. The third-order valence-electron chi connectivity index (χ3n) is 4.81. The number of carbonyl (C=O) groups excluding carboxylic acids is 3. The molecule has 2 saturated heterocycles. The van der Waals surface area contributed by atoms with Gasteiger partial charge in [-0.25, -0.2) is 4.79 Å². The van der Waals surface area contributed by atoms with Gasteiger partial charge in [-0.15, -0.1) is 11.3 Å². The number of nitrogens with two attached hydrogens (primary N) is 1. The average Bonchev–Trinajstić information content (AvgIpc) is 3.21. The van der Waals surface area contributed by atoms with Crippen LogP contribution < -0.4 is 11.1 Å². The fraction of sp³-hybridized carbons (Fsp3) is 0.588. The van der Waals surface area contributed by atoms with E-state index in [2.05, 4.69) is 5.32 Å². The summed E-state index contributed by atoms with van der Waals surface area (Å²) in [7, 11) is 1.24. The van der Waals surface area contributed by atoms with Crippen molar-refractivity contribution in [2.75, 3.05) is 45.3 Å². The Morgan fingerprint density at radius 2 is 1.89 bits per heavy atom. The van der Waals surface area contributed by atoms with E-state index in [0.717, 1.165) is 11.3 Å². The number of thiophene rings is 1. The molecule has 0 saturated carbocycles. The number of hydrogen-bond donors (Lipinski definition) is 2. The Morgan fingerprint density at radius 3 is 2.44 bits per heavy atom. The molecule has 1 aromatic heterocycles. The lowest BCUT2D eigenvalue weighted by Gasteiger charge is -2.37. The van der Waals surface area contributed by atoms with E-state index in [4.69, 9.17) is 19.9 Å². The molecule has 0 radical (unpaired) electrons. The van der Waals surface area contributed by atoms with Gasteiger partial charge in [0.05, 0.1) is 37.3 Å². The van der Waals surface area contributed by atoms with Crippen LogP contribution in [0.1, 0.15) is 38.4 Å². The van der Waals surface area contributed by atoms with Crippen molar-refractivity contribution in [3.63, 3.8) is 0 Å². The number of primary amides is 1. The second kappa shape index (κ2) is 7.93. The molecule has 3 rings (SSSR count). The van der Waals surface area contributed by atoms with Gasteiger partial charge in [0.15, 0.2) is 5.79 Å². The van der Waals surface area contributed by atoms with Crippen molar-refractivity contribution in [1.82, 2.24) is 4.90 Å². The van der Waals surface area contributed by atoms with Crippen LogP contribution in [0.4, 0.5) is 5.00 Å². The van der Waals surface area contributed by atoms with E-state index in [1.54, 1.807) is 6.92 Å². The number of nitrogens with zero attached hydrogens (tertiary/aromatic N) is 1. The monoisotopic (exact) mass is 397 g/mol. The lowest BCUT2D eigenvalue weighted by molar-refractivity contribution is -0.185. The van der Waals surface area contributed by atoms with E-state index in [1.807, 2.05) is 4.90 Å². The SMILES string of the molecule is COC(=O)c1c(NC(=O)CN2CCC3(CC2)OCCO3)sc(C(N)=O)c1C. The topological polar surface area (TPSA) is 120 Å². The summed E-state index contributed by atoms with van der Waals surface area (Å²) < 4.78 is 16.1. The number of anilines is 1. The van der Waals surface area contributed by atoms with E-state index in [-0.39, 0.29) is 27.9 Å². The molecule has 0 bridgehead atoms. The smallest absolute Gasteiger partial charge is 0.341 e. The first-order chi connectivity index (χ1) is 12.8. The molecule has 3 heterocycles. The highest BCUT2D eigenvalue weighted by Crippen LogP contribution is 2.34. The molecule has 10 heteroatoms. The van der Waals surface area contributed by atoms with Gasteiger partial charge in [-0.2, -0.15) is 0 Å². The summed E-state index contributed by atoms with van der Waals surface area (Å²) in [5.74, 6) is -2.04. The molecule has 9 nitrogen and oxygen atoms in total. The van der Waals surface area contributed by atoms with Crippen molar-refractivity contribution in [3.05, 3.63) is 16.0 Å². The highest BCUT2D eigenvalue weighted by molar-refractivity contribution is 7.18. The minimum atomic E-state index is -0.652. The fourth-order valence-corrected chi connectivity index (χ4v) is 4.45. The number of likely N-dealkylation sites (tertiary alicyclic amines) is 1. The largest absolute Gasteiger partial charge is 0.465 e. The zero-order valence-corrected chi connectivity index (χ0v) is 16.1. The highest BCUT2D eigenvalue weighted by Gasteiger charge is 2.40. The number of methoxy groups -OCH3 is 1. The molecule has 2 aliphatic rings. The number of nitrogens with one attached hydrogen (secondary N) is 1. The maximum absolute atomic E-state index is 12.5. The van der Waals surface area contributed by atoms with Crippen LogP contribution in [-0.4, -0.2) is 68.4 Å². The normalized spacial score (nSPS) is 19.2. The van der Waals surface area contributed by atoms with Crippen LogP contribution in [0.2, 0.25) is 0 Å². The summed E-state index contributed by atoms with van der Waals surface area (Å²) in [5.41, 5.74) is 5.92. The van der Waals surface area contributed by atoms with Crippen LogP contribution in [0.5, 0.6) is 0 Å². The highest BCUT2D eigenvalue weighted by atomic mass is 32.1. The number of amides is 2. The van der Waals surface area contributed by atoms with E-state index < -0.39 is 17.7 Å². The first kappa shape index (κ1) is 19.7. The van der Waals surface area contributed by atoms with Gasteiger partial charge in [0.1, 0.15) is 5.00 Å².